The van der Waals surface area contributed by atoms with E-state index in [2.05, 4.69) is 16.0 Å². The smallest absolute Gasteiger partial charge is 0.244 e. The molecule has 0 unspecified atom stereocenters. The lowest BCUT2D eigenvalue weighted by atomic mass is 10.0. The first-order valence-electron chi connectivity index (χ1n) is 7.22. The van der Waals surface area contributed by atoms with E-state index in [0.29, 0.717) is 25.3 Å². The summed E-state index contributed by atoms with van der Waals surface area (Å²) >= 11 is 0. The van der Waals surface area contributed by atoms with Gasteiger partial charge in [0.15, 0.2) is 0 Å². The number of halogens is 1. The fourth-order valence-corrected chi connectivity index (χ4v) is 2.70. The Kier molecular flexibility index (Phi) is 5.39. The lowest BCUT2D eigenvalue weighted by Gasteiger charge is -2.29. The molecule has 1 saturated heterocycles. The van der Waals surface area contributed by atoms with Crippen molar-refractivity contribution in [1.82, 2.24) is 5.32 Å². The quantitative estimate of drug-likeness (QED) is 0.766. The predicted molar refractivity (Wildman–Crippen MR) is 86.5 cm³/mol. The SMILES string of the molecule is C[C@H]1OCCN[C@@H]1C(=O)Nc1ccc2c(c1)NC(=O)CC2.Cl. The molecule has 3 N–H and O–H groups in total. The number of aryl methyl sites for hydroxylation is 1. The highest BCUT2D eigenvalue weighted by Gasteiger charge is 2.28. The number of anilines is 2. The highest BCUT2D eigenvalue weighted by molar-refractivity contribution is 5.98. The highest BCUT2D eigenvalue weighted by atomic mass is 35.5. The lowest BCUT2D eigenvalue weighted by molar-refractivity contribution is -0.123. The van der Waals surface area contributed by atoms with Gasteiger partial charge in [0.1, 0.15) is 6.04 Å². The van der Waals surface area contributed by atoms with E-state index in [1.807, 2.05) is 19.1 Å². The number of carbonyl (C=O) groups excluding carboxylic acids is 2. The number of rotatable bonds is 2. The second-order valence-corrected chi connectivity index (χ2v) is 5.42. The molecule has 6 nitrogen and oxygen atoms in total. The number of morpholine rings is 1. The minimum atomic E-state index is -0.357. The molecule has 2 aliphatic heterocycles. The number of nitrogens with one attached hydrogen (secondary N) is 3. The molecule has 0 saturated carbocycles. The van der Waals surface area contributed by atoms with Crippen LogP contribution in [0.1, 0.15) is 18.9 Å². The molecule has 1 aromatic rings. The van der Waals surface area contributed by atoms with E-state index >= 15 is 0 Å². The molecule has 1 fully saturated rings. The topological polar surface area (TPSA) is 79.5 Å². The third-order valence-corrected chi connectivity index (χ3v) is 3.87. The summed E-state index contributed by atoms with van der Waals surface area (Å²) in [5, 5.41) is 8.86. The maximum Gasteiger partial charge on any atom is 0.244 e. The Morgan fingerprint density at radius 3 is 2.95 bits per heavy atom. The number of hydrogen-bond acceptors (Lipinski definition) is 4. The van der Waals surface area contributed by atoms with Gasteiger partial charge in [0, 0.05) is 24.3 Å². The van der Waals surface area contributed by atoms with E-state index in [-0.39, 0.29) is 36.4 Å². The number of fused-ring (bicyclic) bond motifs is 1. The van der Waals surface area contributed by atoms with E-state index in [1.165, 1.54) is 0 Å². The molecule has 0 aliphatic carbocycles. The van der Waals surface area contributed by atoms with Crippen LogP contribution in [0.15, 0.2) is 18.2 Å². The van der Waals surface area contributed by atoms with E-state index in [1.54, 1.807) is 6.07 Å². The van der Waals surface area contributed by atoms with Crippen LogP contribution in [0.3, 0.4) is 0 Å². The zero-order valence-corrected chi connectivity index (χ0v) is 13.2. The van der Waals surface area contributed by atoms with Crippen LogP contribution in [0, 0.1) is 0 Å². The van der Waals surface area contributed by atoms with Crippen LogP contribution in [0.4, 0.5) is 11.4 Å². The highest BCUT2D eigenvalue weighted by Crippen LogP contribution is 2.26. The van der Waals surface area contributed by atoms with Crippen LogP contribution >= 0.6 is 12.4 Å². The average Bonchev–Trinajstić information content (AvgIpc) is 2.47. The van der Waals surface area contributed by atoms with Crippen molar-refractivity contribution in [1.29, 1.82) is 0 Å². The van der Waals surface area contributed by atoms with Gasteiger partial charge >= 0.3 is 0 Å². The number of amides is 2. The minimum Gasteiger partial charge on any atom is -0.375 e. The van der Waals surface area contributed by atoms with Gasteiger partial charge in [-0.25, -0.2) is 0 Å². The maximum absolute atomic E-state index is 12.3. The van der Waals surface area contributed by atoms with E-state index < -0.39 is 0 Å². The van der Waals surface area contributed by atoms with Crippen molar-refractivity contribution in [2.75, 3.05) is 23.8 Å². The molecule has 2 heterocycles. The Balaban J connectivity index is 0.00000176. The molecule has 0 bridgehead atoms. The summed E-state index contributed by atoms with van der Waals surface area (Å²) in [5.74, 6) is -0.105. The van der Waals surface area contributed by atoms with Crippen LogP contribution in [-0.4, -0.2) is 37.1 Å². The molecule has 3 rings (SSSR count). The molecular weight excluding hydrogens is 306 g/mol. The molecule has 0 spiro atoms. The monoisotopic (exact) mass is 325 g/mol. The zero-order valence-electron chi connectivity index (χ0n) is 12.3. The number of hydrogen-bond donors (Lipinski definition) is 3. The van der Waals surface area contributed by atoms with Gasteiger partial charge in [-0.3, -0.25) is 9.59 Å². The van der Waals surface area contributed by atoms with Gasteiger partial charge in [0.2, 0.25) is 11.8 Å². The fraction of sp³-hybridized carbons (Fsp3) is 0.467. The van der Waals surface area contributed by atoms with E-state index in [9.17, 15) is 9.59 Å². The summed E-state index contributed by atoms with van der Waals surface area (Å²) in [7, 11) is 0. The Morgan fingerprint density at radius 1 is 1.36 bits per heavy atom. The Bertz CT molecular complexity index is 579. The molecule has 2 amide bonds. The Labute approximate surface area is 135 Å². The van der Waals surface area contributed by atoms with Crippen molar-refractivity contribution in [3.05, 3.63) is 23.8 Å². The Morgan fingerprint density at radius 2 is 2.18 bits per heavy atom. The predicted octanol–water partition coefficient (Wildman–Crippen LogP) is 1.31. The van der Waals surface area contributed by atoms with Gasteiger partial charge in [0.05, 0.1) is 12.7 Å². The third kappa shape index (κ3) is 3.58. The van der Waals surface area contributed by atoms with Gasteiger partial charge in [-0.1, -0.05) is 6.07 Å². The Hall–Kier alpha value is -1.63. The lowest BCUT2D eigenvalue weighted by Crippen LogP contribution is -2.53. The summed E-state index contributed by atoms with van der Waals surface area (Å²) < 4.78 is 5.47. The molecule has 0 aromatic heterocycles. The van der Waals surface area contributed by atoms with Crippen molar-refractivity contribution in [3.8, 4) is 0 Å². The summed E-state index contributed by atoms with van der Waals surface area (Å²) in [5.41, 5.74) is 2.56. The van der Waals surface area contributed by atoms with Crippen LogP contribution in [-0.2, 0) is 20.7 Å². The average molecular weight is 326 g/mol. The molecule has 7 heteroatoms. The second-order valence-electron chi connectivity index (χ2n) is 5.42. The fourth-order valence-electron chi connectivity index (χ4n) is 2.70. The van der Waals surface area contributed by atoms with Gasteiger partial charge in [-0.05, 0) is 31.0 Å². The molecule has 1 aromatic carbocycles. The van der Waals surface area contributed by atoms with Gasteiger partial charge in [-0.2, -0.15) is 0 Å². The molecule has 0 radical (unpaired) electrons. The summed E-state index contributed by atoms with van der Waals surface area (Å²) in [4.78, 5) is 23.7. The maximum atomic E-state index is 12.3. The summed E-state index contributed by atoms with van der Waals surface area (Å²) in [6, 6.07) is 5.25. The normalized spacial score (nSPS) is 23.8. The summed E-state index contributed by atoms with van der Waals surface area (Å²) in [6.07, 6.45) is 1.10. The van der Waals surface area contributed by atoms with Crippen LogP contribution < -0.4 is 16.0 Å². The molecule has 120 valence electrons. The second kappa shape index (κ2) is 7.09. The van der Waals surface area contributed by atoms with Crippen LogP contribution in [0.2, 0.25) is 0 Å². The molecule has 2 aliphatic rings. The van der Waals surface area contributed by atoms with Crippen molar-refractivity contribution in [2.45, 2.75) is 31.9 Å². The first-order valence-corrected chi connectivity index (χ1v) is 7.22. The zero-order chi connectivity index (χ0) is 14.8. The minimum absolute atomic E-state index is 0. The first kappa shape index (κ1) is 16.7. The van der Waals surface area contributed by atoms with Gasteiger partial charge in [0.25, 0.3) is 0 Å². The van der Waals surface area contributed by atoms with Gasteiger partial charge < -0.3 is 20.7 Å². The van der Waals surface area contributed by atoms with Crippen LogP contribution in [0.5, 0.6) is 0 Å². The molecular formula is C15H20ClN3O3. The largest absolute Gasteiger partial charge is 0.375 e. The van der Waals surface area contributed by atoms with Crippen molar-refractivity contribution in [2.24, 2.45) is 0 Å². The standard InChI is InChI=1S/C15H19N3O3.ClH/c1-9-14(16-6-7-21-9)15(20)17-11-4-2-10-3-5-13(19)18-12(10)8-11;/h2,4,8-9,14,16H,3,5-7H2,1H3,(H,17,20)(H,18,19);1H/t9-,14+;/m1./s1. The van der Waals surface area contributed by atoms with E-state index in [0.717, 1.165) is 17.7 Å². The third-order valence-electron chi connectivity index (χ3n) is 3.87. The first-order chi connectivity index (χ1) is 10.1. The number of carbonyl (C=O) groups is 2. The number of benzene rings is 1. The van der Waals surface area contributed by atoms with E-state index in [4.69, 9.17) is 4.74 Å². The molecule has 22 heavy (non-hydrogen) atoms. The summed E-state index contributed by atoms with van der Waals surface area (Å²) in [6.45, 7) is 3.17. The number of ether oxygens (including phenoxy) is 1. The van der Waals surface area contributed by atoms with Crippen molar-refractivity contribution >= 4 is 35.6 Å². The van der Waals surface area contributed by atoms with Crippen molar-refractivity contribution in [3.63, 3.8) is 0 Å². The molecule has 2 atom stereocenters. The van der Waals surface area contributed by atoms with Crippen LogP contribution in [0.25, 0.3) is 0 Å². The van der Waals surface area contributed by atoms with Crippen molar-refractivity contribution < 1.29 is 14.3 Å². The van der Waals surface area contributed by atoms with Gasteiger partial charge in [-0.15, -0.1) is 12.4 Å².